The second kappa shape index (κ2) is 5.20. The molecule has 0 saturated heterocycles. The molecule has 0 aliphatic heterocycles. The summed E-state index contributed by atoms with van der Waals surface area (Å²) in [5.41, 5.74) is 4.93. The van der Waals surface area contributed by atoms with Crippen molar-refractivity contribution in [3.63, 3.8) is 0 Å². The summed E-state index contributed by atoms with van der Waals surface area (Å²) in [4.78, 5) is 27.1. The summed E-state index contributed by atoms with van der Waals surface area (Å²) in [6.45, 7) is 4.01. The van der Waals surface area contributed by atoms with Crippen LogP contribution in [0.5, 0.6) is 0 Å². The van der Waals surface area contributed by atoms with Crippen LogP contribution in [0, 0.1) is 13.8 Å². The predicted molar refractivity (Wildman–Crippen MR) is 83.0 cm³/mol. The summed E-state index contributed by atoms with van der Waals surface area (Å²) in [6, 6.07) is 7.45. The molecule has 1 aromatic carbocycles. The zero-order chi connectivity index (χ0) is 15.0. The molecule has 1 amide bonds. The summed E-state index contributed by atoms with van der Waals surface area (Å²) >= 11 is 0. The van der Waals surface area contributed by atoms with Crippen LogP contribution in [0.2, 0.25) is 0 Å². The zero-order valence-corrected chi connectivity index (χ0v) is 12.2. The molecule has 1 aliphatic carbocycles. The molecule has 3 rings (SSSR count). The van der Waals surface area contributed by atoms with Crippen molar-refractivity contribution in [3.05, 3.63) is 62.6 Å². The molecule has 0 spiro atoms. The van der Waals surface area contributed by atoms with Crippen molar-refractivity contribution in [1.29, 1.82) is 0 Å². The number of fused-ring (bicyclic) bond motifs is 1. The van der Waals surface area contributed by atoms with Crippen LogP contribution in [-0.2, 0) is 12.8 Å². The lowest BCUT2D eigenvalue weighted by atomic mass is 10.1. The Balaban J connectivity index is 1.89. The number of carbonyl (C=O) groups is 1. The lowest BCUT2D eigenvalue weighted by Crippen LogP contribution is -2.24. The number of H-pyrrole nitrogens is 1. The average molecular weight is 282 g/mol. The number of pyridine rings is 1. The maximum atomic E-state index is 12.3. The van der Waals surface area contributed by atoms with E-state index >= 15 is 0 Å². The van der Waals surface area contributed by atoms with Crippen LogP contribution in [-0.4, -0.2) is 10.9 Å². The Labute approximate surface area is 123 Å². The van der Waals surface area contributed by atoms with Crippen LogP contribution in [0.15, 0.2) is 29.1 Å². The van der Waals surface area contributed by atoms with E-state index in [1.807, 2.05) is 32.0 Å². The highest BCUT2D eigenvalue weighted by Crippen LogP contribution is 2.19. The SMILES string of the molecule is Cc1ccc(NC(=O)c2cc3c([nH]c2=O)CCC3)cc1C. The van der Waals surface area contributed by atoms with E-state index in [4.69, 9.17) is 0 Å². The maximum Gasteiger partial charge on any atom is 0.261 e. The molecule has 0 atom stereocenters. The first-order valence-corrected chi connectivity index (χ1v) is 7.18. The molecule has 4 heteroatoms. The van der Waals surface area contributed by atoms with E-state index in [1.54, 1.807) is 6.07 Å². The number of benzene rings is 1. The van der Waals surface area contributed by atoms with Gasteiger partial charge in [-0.1, -0.05) is 6.07 Å². The Morgan fingerprint density at radius 1 is 1.14 bits per heavy atom. The Hall–Kier alpha value is -2.36. The van der Waals surface area contributed by atoms with Crippen molar-refractivity contribution in [3.8, 4) is 0 Å². The van der Waals surface area contributed by atoms with Gasteiger partial charge >= 0.3 is 0 Å². The predicted octanol–water partition coefficient (Wildman–Crippen LogP) is 2.73. The fourth-order valence-corrected chi connectivity index (χ4v) is 2.70. The van der Waals surface area contributed by atoms with Crippen LogP contribution in [0.3, 0.4) is 0 Å². The molecule has 0 saturated carbocycles. The zero-order valence-electron chi connectivity index (χ0n) is 12.2. The van der Waals surface area contributed by atoms with Gasteiger partial charge in [0.15, 0.2) is 0 Å². The maximum absolute atomic E-state index is 12.3. The molecule has 21 heavy (non-hydrogen) atoms. The first-order chi connectivity index (χ1) is 10.0. The van der Waals surface area contributed by atoms with Crippen LogP contribution in [0.25, 0.3) is 0 Å². The highest BCUT2D eigenvalue weighted by atomic mass is 16.2. The molecule has 2 aromatic rings. The highest BCUT2D eigenvalue weighted by molar-refractivity contribution is 6.04. The van der Waals surface area contributed by atoms with Crippen LogP contribution < -0.4 is 10.9 Å². The van der Waals surface area contributed by atoms with Gasteiger partial charge in [0.1, 0.15) is 5.56 Å². The van der Waals surface area contributed by atoms with Crippen molar-refractivity contribution < 1.29 is 4.79 Å². The van der Waals surface area contributed by atoms with Crippen LogP contribution in [0.1, 0.15) is 39.2 Å². The molecule has 108 valence electrons. The lowest BCUT2D eigenvalue weighted by Gasteiger charge is -2.08. The van der Waals surface area contributed by atoms with Gasteiger partial charge in [-0.05, 0) is 68.0 Å². The highest BCUT2D eigenvalue weighted by Gasteiger charge is 2.18. The van der Waals surface area contributed by atoms with E-state index in [2.05, 4.69) is 10.3 Å². The van der Waals surface area contributed by atoms with Gasteiger partial charge in [-0.25, -0.2) is 0 Å². The summed E-state index contributed by atoms with van der Waals surface area (Å²) in [6.07, 6.45) is 2.85. The van der Waals surface area contributed by atoms with Gasteiger partial charge in [-0.3, -0.25) is 9.59 Å². The second-order valence-corrected chi connectivity index (χ2v) is 5.62. The molecular formula is C17H18N2O2. The van der Waals surface area contributed by atoms with Crippen molar-refractivity contribution in [2.75, 3.05) is 5.32 Å². The minimum atomic E-state index is -0.353. The van der Waals surface area contributed by atoms with Crippen molar-refractivity contribution in [1.82, 2.24) is 4.98 Å². The normalized spacial score (nSPS) is 13.0. The standard InChI is InChI=1S/C17H18N2O2/c1-10-6-7-13(8-11(10)2)18-16(20)14-9-12-4-3-5-15(12)19-17(14)21/h6-9H,3-5H2,1-2H3,(H,18,20)(H,19,21). The first kappa shape index (κ1) is 13.6. The summed E-state index contributed by atoms with van der Waals surface area (Å²) < 4.78 is 0. The molecule has 1 aromatic heterocycles. The first-order valence-electron chi connectivity index (χ1n) is 7.18. The van der Waals surface area contributed by atoms with E-state index in [-0.39, 0.29) is 17.0 Å². The Morgan fingerprint density at radius 3 is 2.71 bits per heavy atom. The van der Waals surface area contributed by atoms with E-state index in [9.17, 15) is 9.59 Å². The summed E-state index contributed by atoms with van der Waals surface area (Å²) in [5.74, 6) is -0.353. The molecule has 0 bridgehead atoms. The van der Waals surface area contributed by atoms with Gasteiger partial charge in [0.25, 0.3) is 11.5 Å². The quantitative estimate of drug-likeness (QED) is 0.889. The lowest BCUT2D eigenvalue weighted by molar-refractivity contribution is 0.102. The third-order valence-electron chi connectivity index (χ3n) is 4.10. The molecular weight excluding hydrogens is 264 g/mol. The largest absolute Gasteiger partial charge is 0.325 e. The number of rotatable bonds is 2. The third kappa shape index (κ3) is 2.61. The topological polar surface area (TPSA) is 62.0 Å². The van der Waals surface area contributed by atoms with Crippen molar-refractivity contribution in [2.45, 2.75) is 33.1 Å². The van der Waals surface area contributed by atoms with Crippen LogP contribution >= 0.6 is 0 Å². The third-order valence-corrected chi connectivity index (χ3v) is 4.10. The molecule has 1 aliphatic rings. The molecule has 0 unspecified atom stereocenters. The Kier molecular flexibility index (Phi) is 3.37. The van der Waals surface area contributed by atoms with Crippen LogP contribution in [0.4, 0.5) is 5.69 Å². The minimum absolute atomic E-state index is 0.189. The number of aryl methyl sites for hydroxylation is 4. The molecule has 4 nitrogen and oxygen atoms in total. The smallest absolute Gasteiger partial charge is 0.261 e. The van der Waals surface area contributed by atoms with Gasteiger partial charge in [0.05, 0.1) is 0 Å². The number of carbonyl (C=O) groups excluding carboxylic acids is 1. The number of aromatic nitrogens is 1. The van der Waals surface area contributed by atoms with Gasteiger partial charge in [0.2, 0.25) is 0 Å². The molecule has 0 radical (unpaired) electrons. The fraction of sp³-hybridized carbons (Fsp3) is 0.294. The van der Waals surface area contributed by atoms with Gasteiger partial charge in [-0.15, -0.1) is 0 Å². The number of amides is 1. The average Bonchev–Trinajstić information content (AvgIpc) is 2.89. The molecule has 2 N–H and O–H groups in total. The van der Waals surface area contributed by atoms with Gasteiger partial charge in [0, 0.05) is 11.4 Å². The van der Waals surface area contributed by atoms with E-state index < -0.39 is 0 Å². The molecule has 0 fully saturated rings. The van der Waals surface area contributed by atoms with Gasteiger partial charge < -0.3 is 10.3 Å². The number of nitrogens with one attached hydrogen (secondary N) is 2. The monoisotopic (exact) mass is 282 g/mol. The number of aromatic amines is 1. The van der Waals surface area contributed by atoms with E-state index in [1.165, 1.54) is 5.56 Å². The summed E-state index contributed by atoms with van der Waals surface area (Å²) in [7, 11) is 0. The number of hydrogen-bond acceptors (Lipinski definition) is 2. The number of anilines is 1. The number of hydrogen-bond donors (Lipinski definition) is 2. The van der Waals surface area contributed by atoms with E-state index in [0.29, 0.717) is 5.69 Å². The van der Waals surface area contributed by atoms with Gasteiger partial charge in [-0.2, -0.15) is 0 Å². The minimum Gasteiger partial charge on any atom is -0.325 e. The Morgan fingerprint density at radius 2 is 1.95 bits per heavy atom. The van der Waals surface area contributed by atoms with Crippen molar-refractivity contribution in [2.24, 2.45) is 0 Å². The second-order valence-electron chi connectivity index (χ2n) is 5.62. The Bertz CT molecular complexity index is 775. The summed E-state index contributed by atoms with van der Waals surface area (Å²) in [5, 5.41) is 2.80. The van der Waals surface area contributed by atoms with E-state index in [0.717, 1.165) is 36.1 Å². The molecule has 1 heterocycles. The van der Waals surface area contributed by atoms with Crippen molar-refractivity contribution >= 4 is 11.6 Å². The fourth-order valence-electron chi connectivity index (χ4n) is 2.70.